The van der Waals surface area contributed by atoms with Crippen molar-refractivity contribution < 1.29 is 27.8 Å². The van der Waals surface area contributed by atoms with E-state index in [1.165, 1.54) is 24.5 Å². The lowest BCUT2D eigenvalue weighted by Crippen LogP contribution is -2.36. The van der Waals surface area contributed by atoms with Crippen LogP contribution in [0.1, 0.15) is 31.4 Å². The van der Waals surface area contributed by atoms with Crippen LogP contribution in [0.3, 0.4) is 0 Å². The highest BCUT2D eigenvalue weighted by Gasteiger charge is 2.30. The number of amides is 1. The number of halogens is 4. The van der Waals surface area contributed by atoms with Crippen molar-refractivity contribution in [3.63, 3.8) is 0 Å². The molecule has 4 rings (SSSR count). The Kier molecular flexibility index (Phi) is 8.31. The summed E-state index contributed by atoms with van der Waals surface area (Å²) in [5, 5.41) is 18.8. The minimum atomic E-state index is -4.49. The molecule has 1 aliphatic rings. The summed E-state index contributed by atoms with van der Waals surface area (Å²) in [5.41, 5.74) is 0.345. The highest BCUT2D eigenvalue weighted by atomic mass is 35.5. The van der Waals surface area contributed by atoms with Gasteiger partial charge in [0.1, 0.15) is 29.5 Å². The summed E-state index contributed by atoms with van der Waals surface area (Å²) >= 11 is 6.38. The summed E-state index contributed by atoms with van der Waals surface area (Å²) in [6, 6.07) is 9.24. The quantitative estimate of drug-likeness (QED) is 0.266. The summed E-state index contributed by atoms with van der Waals surface area (Å²) in [6.45, 7) is 4.43. The highest BCUT2D eigenvalue weighted by Crippen LogP contribution is 2.36. The zero-order valence-electron chi connectivity index (χ0n) is 21.2. The van der Waals surface area contributed by atoms with Crippen LogP contribution in [0.4, 0.5) is 30.5 Å². The van der Waals surface area contributed by atoms with E-state index in [2.05, 4.69) is 25.9 Å². The molecule has 0 saturated carbocycles. The van der Waals surface area contributed by atoms with Gasteiger partial charge >= 0.3 is 6.18 Å². The van der Waals surface area contributed by atoms with E-state index >= 15 is 0 Å². The van der Waals surface area contributed by atoms with Crippen LogP contribution in [0, 0.1) is 5.41 Å². The number of alkyl halides is 3. The number of aliphatic hydroxyl groups is 1. The first-order valence-electron chi connectivity index (χ1n) is 12.1. The predicted octanol–water partition coefficient (Wildman–Crippen LogP) is 6.02. The van der Waals surface area contributed by atoms with E-state index in [0.29, 0.717) is 48.0 Å². The van der Waals surface area contributed by atoms with E-state index in [4.69, 9.17) is 16.3 Å². The van der Waals surface area contributed by atoms with Gasteiger partial charge in [0.2, 0.25) is 5.91 Å². The summed E-state index contributed by atoms with van der Waals surface area (Å²) in [5.74, 6) is 0.882. The Morgan fingerprint density at radius 1 is 1.18 bits per heavy atom. The van der Waals surface area contributed by atoms with Gasteiger partial charge in [0.05, 0.1) is 16.1 Å². The maximum atomic E-state index is 13.0. The Labute approximate surface area is 228 Å². The second-order valence-electron chi connectivity index (χ2n) is 9.73. The lowest BCUT2D eigenvalue weighted by molar-refractivity contribution is -0.137. The number of nitrogens with zero attached hydrogens (tertiary/aromatic N) is 2. The van der Waals surface area contributed by atoms with Crippen molar-refractivity contribution in [2.45, 2.75) is 26.4 Å². The van der Waals surface area contributed by atoms with Gasteiger partial charge in [0, 0.05) is 36.4 Å². The third kappa shape index (κ3) is 7.18. The molecule has 39 heavy (non-hydrogen) atoms. The second kappa shape index (κ2) is 11.5. The first-order chi connectivity index (χ1) is 18.4. The third-order valence-corrected chi connectivity index (χ3v) is 6.22. The molecule has 8 nitrogen and oxygen atoms in total. The zero-order chi connectivity index (χ0) is 28.2. The predicted molar refractivity (Wildman–Crippen MR) is 143 cm³/mol. The number of carbonyl (C=O) groups excluding carboxylic acids is 1. The molecule has 2 heterocycles. The summed E-state index contributed by atoms with van der Waals surface area (Å²) < 4.78 is 44.6. The molecule has 0 fully saturated rings. The van der Waals surface area contributed by atoms with Gasteiger partial charge in [-0.2, -0.15) is 13.2 Å². The van der Waals surface area contributed by atoms with Gasteiger partial charge in [-0.1, -0.05) is 31.5 Å². The van der Waals surface area contributed by atoms with E-state index < -0.39 is 17.2 Å². The number of aliphatic hydroxyl groups excluding tert-OH is 1. The van der Waals surface area contributed by atoms with Crippen LogP contribution in [-0.4, -0.2) is 40.7 Å². The van der Waals surface area contributed by atoms with E-state index in [-0.39, 0.29) is 29.0 Å². The molecule has 1 aromatic heterocycles. The fourth-order valence-electron chi connectivity index (χ4n) is 3.66. The molecule has 0 spiro atoms. The fourth-order valence-corrected chi connectivity index (χ4v) is 3.88. The first-order valence-corrected chi connectivity index (χ1v) is 12.4. The Hall–Kier alpha value is -3.83. The Bertz CT molecular complexity index is 1400. The number of hydrogen-bond donors (Lipinski definition) is 4. The average Bonchev–Trinajstić information content (AvgIpc) is 3.12. The number of rotatable bonds is 8. The molecule has 0 atom stereocenters. The van der Waals surface area contributed by atoms with Crippen molar-refractivity contribution in [2.24, 2.45) is 5.41 Å². The highest BCUT2D eigenvalue weighted by molar-refractivity contribution is 6.32. The molecule has 2 aromatic carbocycles. The van der Waals surface area contributed by atoms with Crippen molar-refractivity contribution in [3.8, 4) is 11.5 Å². The third-order valence-electron chi connectivity index (χ3n) is 5.92. The molecule has 206 valence electrons. The lowest BCUT2D eigenvalue weighted by atomic mass is 9.95. The standard InChI is InChI=1S/C27H27ClF3N5O3/c1-26(2,14-37)13-33-25(38)16-8-9-32-23-20(10-16)24(35-15-34-23)36-18-6-7-22(21(28)12-18)39-19-5-3-4-17(11-19)27(29,30)31/h3-7,10-12,15,37H,8-9,13-14H2,1-2H3,(H,33,38)(H2,32,34,35,36). The Balaban J connectivity index is 1.54. The molecule has 0 bridgehead atoms. The van der Waals surface area contributed by atoms with E-state index in [0.717, 1.165) is 12.1 Å². The number of carbonyl (C=O) groups is 1. The minimum Gasteiger partial charge on any atom is -0.456 e. The molecule has 4 N–H and O–H groups in total. The summed E-state index contributed by atoms with van der Waals surface area (Å²) in [6.07, 6.45) is -0.948. The maximum absolute atomic E-state index is 13.0. The molecule has 12 heteroatoms. The number of ether oxygens (including phenoxy) is 1. The number of benzene rings is 2. The van der Waals surface area contributed by atoms with Gasteiger partial charge in [0.25, 0.3) is 0 Å². The number of aromatic nitrogens is 2. The average molecular weight is 562 g/mol. The summed E-state index contributed by atoms with van der Waals surface area (Å²) in [4.78, 5) is 21.5. The van der Waals surface area contributed by atoms with Crippen LogP contribution >= 0.6 is 11.6 Å². The molecule has 1 amide bonds. The van der Waals surface area contributed by atoms with Gasteiger partial charge in [-0.15, -0.1) is 0 Å². The van der Waals surface area contributed by atoms with Crippen LogP contribution in [0.2, 0.25) is 5.02 Å². The molecule has 3 aromatic rings. The minimum absolute atomic E-state index is 0.00190. The number of fused-ring (bicyclic) bond motifs is 1. The molecule has 0 radical (unpaired) electrons. The van der Waals surface area contributed by atoms with Crippen molar-refractivity contribution in [2.75, 3.05) is 30.3 Å². The molecule has 0 saturated heterocycles. The van der Waals surface area contributed by atoms with Crippen LogP contribution < -0.4 is 20.7 Å². The first kappa shape index (κ1) is 28.2. The molecule has 0 aliphatic carbocycles. The summed E-state index contributed by atoms with van der Waals surface area (Å²) in [7, 11) is 0. The Morgan fingerprint density at radius 2 is 1.97 bits per heavy atom. The fraction of sp³-hybridized carbons (Fsp3) is 0.296. The largest absolute Gasteiger partial charge is 0.456 e. The van der Waals surface area contributed by atoms with Gasteiger partial charge in [0.15, 0.2) is 0 Å². The van der Waals surface area contributed by atoms with Crippen molar-refractivity contribution in [1.29, 1.82) is 0 Å². The van der Waals surface area contributed by atoms with Gasteiger partial charge in [-0.25, -0.2) is 9.97 Å². The molecule has 1 aliphatic heterocycles. The van der Waals surface area contributed by atoms with E-state index in [1.54, 1.807) is 18.2 Å². The molecular weight excluding hydrogens is 535 g/mol. The van der Waals surface area contributed by atoms with Gasteiger partial charge < -0.3 is 25.8 Å². The van der Waals surface area contributed by atoms with Crippen LogP contribution in [0.5, 0.6) is 11.5 Å². The van der Waals surface area contributed by atoms with Crippen LogP contribution in [0.25, 0.3) is 6.08 Å². The van der Waals surface area contributed by atoms with E-state index in [9.17, 15) is 23.1 Å². The molecular formula is C27H27ClF3N5O3. The van der Waals surface area contributed by atoms with Gasteiger partial charge in [-0.05, 0) is 48.9 Å². The van der Waals surface area contributed by atoms with Crippen molar-refractivity contribution in [3.05, 3.63) is 70.5 Å². The van der Waals surface area contributed by atoms with Crippen LogP contribution in [0.15, 0.2) is 54.4 Å². The monoisotopic (exact) mass is 561 g/mol. The van der Waals surface area contributed by atoms with Crippen LogP contribution in [-0.2, 0) is 11.0 Å². The zero-order valence-corrected chi connectivity index (χ0v) is 22.0. The number of hydrogen-bond acceptors (Lipinski definition) is 7. The normalized spacial score (nSPS) is 13.5. The topological polar surface area (TPSA) is 108 Å². The smallest absolute Gasteiger partial charge is 0.416 e. The lowest BCUT2D eigenvalue weighted by Gasteiger charge is -2.22. The Morgan fingerprint density at radius 3 is 2.69 bits per heavy atom. The SMILES string of the molecule is CC(C)(CO)CNC(=O)C1=Cc2c(ncnc2Nc2ccc(Oc3cccc(C(F)(F)F)c3)c(Cl)c2)NCC1. The van der Waals surface area contributed by atoms with Gasteiger partial charge in [-0.3, -0.25) is 4.79 Å². The van der Waals surface area contributed by atoms with Crippen molar-refractivity contribution >= 4 is 40.9 Å². The second-order valence-corrected chi connectivity index (χ2v) is 10.1. The maximum Gasteiger partial charge on any atom is 0.416 e. The number of nitrogens with one attached hydrogen (secondary N) is 3. The number of anilines is 3. The van der Waals surface area contributed by atoms with E-state index in [1.807, 2.05) is 13.8 Å². The molecule has 0 unspecified atom stereocenters. The van der Waals surface area contributed by atoms with Crippen molar-refractivity contribution in [1.82, 2.24) is 15.3 Å².